The lowest BCUT2D eigenvalue weighted by atomic mass is 9.99. The average Bonchev–Trinajstić information content (AvgIpc) is 1.94. The predicted octanol–water partition coefficient (Wildman–Crippen LogP) is 1.21. The first-order valence-corrected chi connectivity index (χ1v) is 4.62. The Kier molecular flexibility index (Phi) is 2.90. The van der Waals surface area contributed by atoms with E-state index in [1.165, 1.54) is 12.8 Å². The molecule has 0 aromatic heterocycles. The fraction of sp³-hybridized carbons (Fsp3) is 1.00. The van der Waals surface area contributed by atoms with E-state index < -0.39 is 0 Å². The van der Waals surface area contributed by atoms with Gasteiger partial charge in [0.25, 0.3) is 0 Å². The van der Waals surface area contributed by atoms with Gasteiger partial charge in [0.2, 0.25) is 0 Å². The molecule has 0 aliphatic carbocycles. The highest BCUT2D eigenvalue weighted by Gasteiger charge is 2.24. The van der Waals surface area contributed by atoms with Crippen LogP contribution >= 0.6 is 0 Å². The van der Waals surface area contributed by atoms with E-state index in [1.807, 2.05) is 0 Å². The Labute approximate surface area is 69.8 Å². The zero-order valence-electron chi connectivity index (χ0n) is 7.88. The number of rotatable bonds is 1. The molecule has 1 aliphatic rings. The van der Waals surface area contributed by atoms with Crippen molar-refractivity contribution < 1.29 is 0 Å². The van der Waals surface area contributed by atoms with E-state index >= 15 is 0 Å². The standard InChI is InChI=1S/C9H20N2/c1-7(2)11-6-9(10)5-4-8(11)3/h7-9H,4-6,10H2,1-3H3/t8-,9+/m1/s1. The molecular formula is C9H20N2. The van der Waals surface area contributed by atoms with Gasteiger partial charge in [-0.1, -0.05) is 0 Å². The molecule has 0 unspecified atom stereocenters. The first-order valence-electron chi connectivity index (χ1n) is 4.62. The fourth-order valence-corrected chi connectivity index (χ4v) is 1.88. The largest absolute Gasteiger partial charge is 0.327 e. The van der Waals surface area contributed by atoms with Crippen molar-refractivity contribution in [2.24, 2.45) is 5.73 Å². The minimum Gasteiger partial charge on any atom is -0.327 e. The van der Waals surface area contributed by atoms with Crippen molar-refractivity contribution in [1.29, 1.82) is 0 Å². The smallest absolute Gasteiger partial charge is 0.0168 e. The number of nitrogens with zero attached hydrogens (tertiary/aromatic N) is 1. The Morgan fingerprint density at radius 1 is 1.36 bits per heavy atom. The van der Waals surface area contributed by atoms with E-state index in [-0.39, 0.29) is 0 Å². The van der Waals surface area contributed by atoms with Gasteiger partial charge in [-0.25, -0.2) is 0 Å². The highest BCUT2D eigenvalue weighted by molar-refractivity contribution is 4.82. The zero-order valence-corrected chi connectivity index (χ0v) is 7.88. The molecule has 2 atom stereocenters. The highest BCUT2D eigenvalue weighted by atomic mass is 15.2. The summed E-state index contributed by atoms with van der Waals surface area (Å²) in [7, 11) is 0. The monoisotopic (exact) mass is 156 g/mol. The van der Waals surface area contributed by atoms with Gasteiger partial charge in [-0.15, -0.1) is 0 Å². The molecule has 0 spiro atoms. The Morgan fingerprint density at radius 2 is 2.00 bits per heavy atom. The SMILES string of the molecule is CC(C)N1C[C@@H](N)CC[C@H]1C. The molecule has 0 amide bonds. The topological polar surface area (TPSA) is 29.3 Å². The van der Waals surface area contributed by atoms with Crippen molar-refractivity contribution >= 4 is 0 Å². The molecule has 0 radical (unpaired) electrons. The first kappa shape index (κ1) is 9.01. The first-order chi connectivity index (χ1) is 5.11. The molecule has 1 aliphatic heterocycles. The molecular weight excluding hydrogens is 136 g/mol. The molecule has 1 saturated heterocycles. The average molecular weight is 156 g/mol. The van der Waals surface area contributed by atoms with E-state index in [0.717, 1.165) is 12.6 Å². The van der Waals surface area contributed by atoms with Crippen LogP contribution in [0.25, 0.3) is 0 Å². The summed E-state index contributed by atoms with van der Waals surface area (Å²) in [5, 5.41) is 0. The van der Waals surface area contributed by atoms with E-state index in [4.69, 9.17) is 5.73 Å². The van der Waals surface area contributed by atoms with Gasteiger partial charge in [0.1, 0.15) is 0 Å². The van der Waals surface area contributed by atoms with E-state index in [9.17, 15) is 0 Å². The minimum absolute atomic E-state index is 0.411. The van der Waals surface area contributed by atoms with Crippen molar-refractivity contribution in [2.75, 3.05) is 6.54 Å². The summed E-state index contributed by atoms with van der Waals surface area (Å²) in [5.41, 5.74) is 5.88. The summed E-state index contributed by atoms with van der Waals surface area (Å²) in [5.74, 6) is 0. The quantitative estimate of drug-likeness (QED) is 0.618. The van der Waals surface area contributed by atoms with Crippen molar-refractivity contribution in [3.8, 4) is 0 Å². The maximum absolute atomic E-state index is 5.88. The van der Waals surface area contributed by atoms with Gasteiger partial charge >= 0.3 is 0 Å². The Bertz CT molecular complexity index is 123. The predicted molar refractivity (Wildman–Crippen MR) is 48.5 cm³/mol. The fourth-order valence-electron chi connectivity index (χ4n) is 1.88. The maximum atomic E-state index is 5.88. The molecule has 0 aromatic carbocycles. The third-order valence-corrected chi connectivity index (χ3v) is 2.63. The van der Waals surface area contributed by atoms with E-state index in [0.29, 0.717) is 12.1 Å². The zero-order chi connectivity index (χ0) is 8.43. The van der Waals surface area contributed by atoms with Gasteiger partial charge < -0.3 is 5.73 Å². The van der Waals surface area contributed by atoms with Crippen molar-refractivity contribution in [3.63, 3.8) is 0 Å². The van der Waals surface area contributed by atoms with Gasteiger partial charge in [-0.05, 0) is 33.6 Å². The third kappa shape index (κ3) is 2.17. The van der Waals surface area contributed by atoms with Crippen LogP contribution in [0.2, 0.25) is 0 Å². The summed E-state index contributed by atoms with van der Waals surface area (Å²) in [6.07, 6.45) is 2.46. The third-order valence-electron chi connectivity index (χ3n) is 2.63. The van der Waals surface area contributed by atoms with Gasteiger partial charge in [-0.3, -0.25) is 4.90 Å². The van der Waals surface area contributed by atoms with E-state index in [2.05, 4.69) is 25.7 Å². The maximum Gasteiger partial charge on any atom is 0.0168 e. The number of hydrogen-bond acceptors (Lipinski definition) is 2. The molecule has 11 heavy (non-hydrogen) atoms. The Hall–Kier alpha value is -0.0800. The van der Waals surface area contributed by atoms with Crippen LogP contribution in [0.15, 0.2) is 0 Å². The summed E-state index contributed by atoms with van der Waals surface area (Å²) < 4.78 is 0. The summed E-state index contributed by atoms with van der Waals surface area (Å²) >= 11 is 0. The van der Waals surface area contributed by atoms with E-state index in [1.54, 1.807) is 0 Å². The number of likely N-dealkylation sites (tertiary alicyclic amines) is 1. The summed E-state index contributed by atoms with van der Waals surface area (Å²) in [6, 6.07) is 1.79. The molecule has 2 nitrogen and oxygen atoms in total. The van der Waals surface area contributed by atoms with Gasteiger partial charge in [-0.2, -0.15) is 0 Å². The molecule has 0 aromatic rings. The van der Waals surface area contributed by atoms with Crippen LogP contribution in [0, 0.1) is 0 Å². The van der Waals surface area contributed by atoms with Crippen LogP contribution in [0.4, 0.5) is 0 Å². The van der Waals surface area contributed by atoms with Gasteiger partial charge in [0.05, 0.1) is 0 Å². The van der Waals surface area contributed by atoms with Crippen molar-refractivity contribution in [3.05, 3.63) is 0 Å². The van der Waals surface area contributed by atoms with Crippen LogP contribution in [0.3, 0.4) is 0 Å². The van der Waals surface area contributed by atoms with Gasteiger partial charge in [0.15, 0.2) is 0 Å². The second-order valence-electron chi connectivity index (χ2n) is 3.98. The summed E-state index contributed by atoms with van der Waals surface area (Å²) in [4.78, 5) is 2.49. The molecule has 1 fully saturated rings. The second-order valence-corrected chi connectivity index (χ2v) is 3.98. The summed E-state index contributed by atoms with van der Waals surface area (Å²) in [6.45, 7) is 7.87. The van der Waals surface area contributed by atoms with Gasteiger partial charge in [0, 0.05) is 24.7 Å². The minimum atomic E-state index is 0.411. The molecule has 0 saturated carbocycles. The molecule has 0 bridgehead atoms. The second kappa shape index (κ2) is 3.55. The highest BCUT2D eigenvalue weighted by Crippen LogP contribution is 2.17. The number of piperidine rings is 1. The lowest BCUT2D eigenvalue weighted by molar-refractivity contribution is 0.111. The van der Waals surface area contributed by atoms with Crippen LogP contribution in [-0.2, 0) is 0 Å². The van der Waals surface area contributed by atoms with Crippen molar-refractivity contribution in [1.82, 2.24) is 4.90 Å². The number of hydrogen-bond donors (Lipinski definition) is 1. The van der Waals surface area contributed by atoms with Crippen LogP contribution in [0.1, 0.15) is 33.6 Å². The van der Waals surface area contributed by atoms with Crippen molar-refractivity contribution in [2.45, 2.75) is 51.7 Å². The Balaban J connectivity index is 2.47. The Morgan fingerprint density at radius 3 is 2.45 bits per heavy atom. The molecule has 2 heteroatoms. The normalized spacial score (nSPS) is 34.6. The van der Waals surface area contributed by atoms with Crippen LogP contribution < -0.4 is 5.73 Å². The lowest BCUT2D eigenvalue weighted by Crippen LogP contribution is -2.50. The van der Waals surface area contributed by atoms with Crippen LogP contribution in [0.5, 0.6) is 0 Å². The molecule has 1 heterocycles. The molecule has 66 valence electrons. The lowest BCUT2D eigenvalue weighted by Gasteiger charge is -2.39. The molecule has 1 rings (SSSR count). The van der Waals surface area contributed by atoms with Crippen LogP contribution in [-0.4, -0.2) is 29.6 Å². The molecule has 2 N–H and O–H groups in total. The number of nitrogens with two attached hydrogens (primary N) is 1.